The third kappa shape index (κ3) is 5.92. The molecule has 0 radical (unpaired) electrons. The van der Waals surface area contributed by atoms with Gasteiger partial charge in [0.25, 0.3) is 0 Å². The van der Waals surface area contributed by atoms with Gasteiger partial charge in [-0.05, 0) is 18.9 Å². The number of hydrogen-bond acceptors (Lipinski definition) is 3. The van der Waals surface area contributed by atoms with Crippen molar-refractivity contribution >= 4 is 6.03 Å². The highest BCUT2D eigenvalue weighted by Crippen LogP contribution is 2.22. The lowest BCUT2D eigenvalue weighted by molar-refractivity contribution is -0.143. The Bertz CT molecular complexity index is 463. The summed E-state index contributed by atoms with van der Waals surface area (Å²) in [7, 11) is 0. The smallest absolute Gasteiger partial charge is 0.338 e. The Hall–Kier alpha value is -1.77. The molecule has 2 amide bonds. The molecule has 2 heterocycles. The van der Waals surface area contributed by atoms with Gasteiger partial charge in [-0.15, -0.1) is 0 Å². The van der Waals surface area contributed by atoms with E-state index in [-0.39, 0.29) is 11.9 Å². The number of urea groups is 1. The van der Waals surface area contributed by atoms with E-state index in [1.807, 2.05) is 4.57 Å². The number of likely N-dealkylation sites (tertiary alicyclic amines) is 1. The average molecular weight is 319 g/mol. The van der Waals surface area contributed by atoms with Crippen LogP contribution in [0.25, 0.3) is 0 Å². The molecule has 0 bridgehead atoms. The number of carbonyl (C=O) groups is 1. The SMILES string of the molecule is O=C(NCCn1ccnc1)NCC1CCN(CC(F)(F)F)C1. The average Bonchev–Trinajstić information content (AvgIpc) is 3.06. The third-order valence-corrected chi connectivity index (χ3v) is 3.54. The molecular formula is C13H20F3N5O. The van der Waals surface area contributed by atoms with Gasteiger partial charge in [0.05, 0.1) is 12.9 Å². The number of nitrogens with zero attached hydrogens (tertiary/aromatic N) is 3. The Morgan fingerprint density at radius 1 is 1.36 bits per heavy atom. The van der Waals surface area contributed by atoms with Crippen LogP contribution in [-0.2, 0) is 6.54 Å². The zero-order valence-corrected chi connectivity index (χ0v) is 12.1. The van der Waals surface area contributed by atoms with E-state index in [0.29, 0.717) is 39.1 Å². The van der Waals surface area contributed by atoms with Crippen molar-refractivity contribution in [3.8, 4) is 0 Å². The molecule has 1 unspecified atom stereocenters. The molecule has 6 nitrogen and oxygen atoms in total. The zero-order valence-electron chi connectivity index (χ0n) is 12.1. The largest absolute Gasteiger partial charge is 0.401 e. The maximum absolute atomic E-state index is 12.3. The number of imidazole rings is 1. The topological polar surface area (TPSA) is 62.2 Å². The molecule has 1 aliphatic heterocycles. The van der Waals surface area contributed by atoms with E-state index in [9.17, 15) is 18.0 Å². The van der Waals surface area contributed by atoms with Crippen LogP contribution in [0.5, 0.6) is 0 Å². The van der Waals surface area contributed by atoms with E-state index < -0.39 is 12.7 Å². The van der Waals surface area contributed by atoms with Crippen molar-refractivity contribution in [2.24, 2.45) is 5.92 Å². The molecule has 0 aliphatic carbocycles. The van der Waals surface area contributed by atoms with E-state index in [1.165, 1.54) is 4.90 Å². The van der Waals surface area contributed by atoms with Crippen LogP contribution in [0.15, 0.2) is 18.7 Å². The molecule has 22 heavy (non-hydrogen) atoms. The Morgan fingerprint density at radius 3 is 2.86 bits per heavy atom. The normalized spacial score (nSPS) is 19.3. The lowest BCUT2D eigenvalue weighted by atomic mass is 10.1. The quantitative estimate of drug-likeness (QED) is 0.824. The number of nitrogens with one attached hydrogen (secondary N) is 2. The van der Waals surface area contributed by atoms with Crippen molar-refractivity contribution < 1.29 is 18.0 Å². The lowest BCUT2D eigenvalue weighted by Crippen LogP contribution is -2.40. The van der Waals surface area contributed by atoms with Gasteiger partial charge in [0, 0.05) is 38.6 Å². The second-order valence-electron chi connectivity index (χ2n) is 5.44. The van der Waals surface area contributed by atoms with Crippen LogP contribution in [0, 0.1) is 5.92 Å². The number of hydrogen-bond donors (Lipinski definition) is 2. The summed E-state index contributed by atoms with van der Waals surface area (Å²) in [6.07, 6.45) is 1.63. The predicted octanol–water partition coefficient (Wildman–Crippen LogP) is 1.07. The Balaban J connectivity index is 1.57. The summed E-state index contributed by atoms with van der Waals surface area (Å²) < 4.78 is 38.7. The van der Waals surface area contributed by atoms with Gasteiger partial charge in [-0.25, -0.2) is 9.78 Å². The summed E-state index contributed by atoms with van der Waals surface area (Å²) in [6.45, 7) is 1.40. The highest BCUT2D eigenvalue weighted by Gasteiger charge is 2.34. The number of halogens is 3. The Kier molecular flexibility index (Phi) is 5.64. The van der Waals surface area contributed by atoms with Gasteiger partial charge in [-0.1, -0.05) is 0 Å². The molecule has 1 aliphatic rings. The minimum absolute atomic E-state index is 0.0711. The molecule has 1 saturated heterocycles. The van der Waals surface area contributed by atoms with Gasteiger partial charge in [0.2, 0.25) is 0 Å². The summed E-state index contributed by atoms with van der Waals surface area (Å²) in [4.78, 5) is 16.9. The number of amides is 2. The van der Waals surface area contributed by atoms with Crippen molar-refractivity contribution in [3.05, 3.63) is 18.7 Å². The van der Waals surface area contributed by atoms with Gasteiger partial charge < -0.3 is 15.2 Å². The molecule has 0 saturated carbocycles. The van der Waals surface area contributed by atoms with E-state index >= 15 is 0 Å². The molecule has 1 aromatic heterocycles. The maximum atomic E-state index is 12.3. The van der Waals surface area contributed by atoms with Gasteiger partial charge in [-0.3, -0.25) is 4.90 Å². The molecule has 124 valence electrons. The molecule has 0 aromatic carbocycles. The van der Waals surface area contributed by atoms with Crippen molar-refractivity contribution in [2.75, 3.05) is 32.7 Å². The molecule has 9 heteroatoms. The minimum Gasteiger partial charge on any atom is -0.338 e. The van der Waals surface area contributed by atoms with Gasteiger partial charge in [0.15, 0.2) is 0 Å². The van der Waals surface area contributed by atoms with Crippen LogP contribution in [0.1, 0.15) is 6.42 Å². The second kappa shape index (κ2) is 7.48. The van der Waals surface area contributed by atoms with Gasteiger partial charge in [0.1, 0.15) is 0 Å². The van der Waals surface area contributed by atoms with E-state index in [0.717, 1.165) is 0 Å². The molecular weight excluding hydrogens is 299 g/mol. The van der Waals surface area contributed by atoms with E-state index in [2.05, 4.69) is 15.6 Å². The number of rotatable bonds is 6. The third-order valence-electron chi connectivity index (χ3n) is 3.54. The van der Waals surface area contributed by atoms with Crippen LogP contribution < -0.4 is 10.6 Å². The maximum Gasteiger partial charge on any atom is 0.401 e. The van der Waals surface area contributed by atoms with Crippen LogP contribution in [-0.4, -0.2) is 59.4 Å². The molecule has 0 spiro atoms. The first kappa shape index (κ1) is 16.6. The summed E-state index contributed by atoms with van der Waals surface area (Å²) >= 11 is 0. The molecule has 2 rings (SSSR count). The van der Waals surface area contributed by atoms with Crippen molar-refractivity contribution in [2.45, 2.75) is 19.1 Å². The number of carbonyl (C=O) groups excluding carboxylic acids is 1. The fourth-order valence-electron chi connectivity index (χ4n) is 2.49. The fourth-order valence-corrected chi connectivity index (χ4v) is 2.49. The summed E-state index contributed by atoms with van der Waals surface area (Å²) in [6, 6.07) is -0.297. The van der Waals surface area contributed by atoms with E-state index in [4.69, 9.17) is 0 Å². The number of aromatic nitrogens is 2. The van der Waals surface area contributed by atoms with Crippen molar-refractivity contribution in [1.29, 1.82) is 0 Å². The van der Waals surface area contributed by atoms with Crippen LogP contribution in [0.2, 0.25) is 0 Å². The molecule has 1 fully saturated rings. The summed E-state index contributed by atoms with van der Waals surface area (Å²) in [5.74, 6) is 0.0711. The highest BCUT2D eigenvalue weighted by molar-refractivity contribution is 5.73. The predicted molar refractivity (Wildman–Crippen MR) is 74.2 cm³/mol. The first-order valence-electron chi connectivity index (χ1n) is 7.19. The number of alkyl halides is 3. The standard InChI is InChI=1S/C13H20F3N5O/c14-13(15,16)9-21-4-1-11(8-21)7-19-12(22)18-3-6-20-5-2-17-10-20/h2,5,10-11H,1,3-4,6-9H2,(H2,18,19,22). The molecule has 1 atom stereocenters. The zero-order chi connectivity index (χ0) is 16.0. The Morgan fingerprint density at radius 2 is 2.18 bits per heavy atom. The molecule has 2 N–H and O–H groups in total. The minimum atomic E-state index is -4.16. The van der Waals surface area contributed by atoms with Crippen LogP contribution >= 0.6 is 0 Å². The summed E-state index contributed by atoms with van der Waals surface area (Å²) in [5.41, 5.74) is 0. The fraction of sp³-hybridized carbons (Fsp3) is 0.692. The second-order valence-corrected chi connectivity index (χ2v) is 5.44. The van der Waals surface area contributed by atoms with Crippen LogP contribution in [0.3, 0.4) is 0 Å². The van der Waals surface area contributed by atoms with E-state index in [1.54, 1.807) is 18.7 Å². The first-order valence-corrected chi connectivity index (χ1v) is 7.19. The van der Waals surface area contributed by atoms with Gasteiger partial charge in [-0.2, -0.15) is 13.2 Å². The van der Waals surface area contributed by atoms with Crippen LogP contribution in [0.4, 0.5) is 18.0 Å². The summed E-state index contributed by atoms with van der Waals surface area (Å²) in [5, 5.41) is 5.41. The van der Waals surface area contributed by atoms with Gasteiger partial charge >= 0.3 is 12.2 Å². The monoisotopic (exact) mass is 319 g/mol. The highest BCUT2D eigenvalue weighted by atomic mass is 19.4. The van der Waals surface area contributed by atoms with Crippen molar-refractivity contribution in [3.63, 3.8) is 0 Å². The Labute approximate surface area is 126 Å². The first-order chi connectivity index (χ1) is 10.4. The molecule has 1 aromatic rings. The van der Waals surface area contributed by atoms with Crippen molar-refractivity contribution in [1.82, 2.24) is 25.1 Å². The lowest BCUT2D eigenvalue weighted by Gasteiger charge is -2.18.